The first kappa shape index (κ1) is 19.7. The van der Waals surface area contributed by atoms with Crippen molar-refractivity contribution in [1.82, 2.24) is 4.90 Å². The topological polar surface area (TPSA) is 77.1 Å². The maximum absolute atomic E-state index is 12.6. The van der Waals surface area contributed by atoms with E-state index in [9.17, 15) is 9.59 Å². The zero-order valence-electron chi connectivity index (χ0n) is 16.1. The molecule has 0 aromatic heterocycles. The summed E-state index contributed by atoms with van der Waals surface area (Å²) in [4.78, 5) is 26.6. The molecule has 0 aliphatic carbocycles. The Balaban J connectivity index is 1.59. The van der Waals surface area contributed by atoms with Gasteiger partial charge in [0.25, 0.3) is 11.8 Å². The lowest BCUT2D eigenvalue weighted by Gasteiger charge is -2.27. The van der Waals surface area contributed by atoms with Crippen LogP contribution in [0, 0.1) is 6.92 Å². The van der Waals surface area contributed by atoms with Crippen molar-refractivity contribution in [2.45, 2.75) is 6.92 Å². The van der Waals surface area contributed by atoms with E-state index in [2.05, 4.69) is 5.32 Å². The fourth-order valence-corrected chi connectivity index (χ4v) is 2.91. The normalized spacial score (nSPS) is 13.7. The van der Waals surface area contributed by atoms with Crippen molar-refractivity contribution in [2.24, 2.45) is 0 Å². The molecule has 0 bridgehead atoms. The predicted molar refractivity (Wildman–Crippen MR) is 105 cm³/mol. The number of rotatable bonds is 6. The van der Waals surface area contributed by atoms with E-state index in [1.54, 1.807) is 42.3 Å². The molecule has 1 aliphatic rings. The quantitative estimate of drug-likeness (QED) is 0.828. The number of morpholine rings is 1. The average molecular weight is 384 g/mol. The average Bonchev–Trinajstić information content (AvgIpc) is 2.73. The molecular formula is C21H24N2O5. The SMILES string of the molecule is COc1cc(C)ccc1OCC(=O)Nc1cccc(C(=O)N2CCOCC2)c1. The Bertz CT molecular complexity index is 846. The highest BCUT2D eigenvalue weighted by Gasteiger charge is 2.19. The molecular weight excluding hydrogens is 360 g/mol. The van der Waals surface area contributed by atoms with Crippen LogP contribution in [0.15, 0.2) is 42.5 Å². The summed E-state index contributed by atoms with van der Waals surface area (Å²) in [5, 5.41) is 2.76. The highest BCUT2D eigenvalue weighted by atomic mass is 16.5. The Hall–Kier alpha value is -3.06. The molecule has 1 saturated heterocycles. The Morgan fingerprint density at radius 3 is 2.64 bits per heavy atom. The summed E-state index contributed by atoms with van der Waals surface area (Å²) >= 11 is 0. The van der Waals surface area contributed by atoms with Gasteiger partial charge in [0.2, 0.25) is 0 Å². The van der Waals surface area contributed by atoms with Gasteiger partial charge in [0.1, 0.15) is 0 Å². The van der Waals surface area contributed by atoms with E-state index in [0.717, 1.165) is 5.56 Å². The number of hydrogen-bond donors (Lipinski definition) is 1. The molecule has 1 fully saturated rings. The molecule has 7 heteroatoms. The van der Waals surface area contributed by atoms with Crippen LogP contribution in [-0.2, 0) is 9.53 Å². The van der Waals surface area contributed by atoms with Gasteiger partial charge in [0.15, 0.2) is 18.1 Å². The Morgan fingerprint density at radius 1 is 1.11 bits per heavy atom. The molecule has 0 unspecified atom stereocenters. The van der Waals surface area contributed by atoms with Crippen LogP contribution in [0.3, 0.4) is 0 Å². The number of nitrogens with zero attached hydrogens (tertiary/aromatic N) is 1. The number of ether oxygens (including phenoxy) is 3. The summed E-state index contributed by atoms with van der Waals surface area (Å²) < 4.78 is 16.1. The molecule has 2 aromatic rings. The third-order valence-electron chi connectivity index (χ3n) is 4.37. The second kappa shape index (κ2) is 9.23. The standard InChI is InChI=1S/C21H24N2O5/c1-15-6-7-18(19(12-15)26-2)28-14-20(24)22-17-5-3-4-16(13-17)21(25)23-8-10-27-11-9-23/h3-7,12-13H,8-11,14H2,1-2H3,(H,22,24). The zero-order chi connectivity index (χ0) is 19.9. The fraction of sp³-hybridized carbons (Fsp3) is 0.333. The van der Waals surface area contributed by atoms with Crippen molar-refractivity contribution in [1.29, 1.82) is 0 Å². The highest BCUT2D eigenvalue weighted by Crippen LogP contribution is 2.27. The Kier molecular flexibility index (Phi) is 6.49. The van der Waals surface area contributed by atoms with E-state index in [-0.39, 0.29) is 18.4 Å². The third kappa shape index (κ3) is 5.01. The van der Waals surface area contributed by atoms with Crippen LogP contribution in [0.25, 0.3) is 0 Å². The van der Waals surface area contributed by atoms with E-state index in [1.165, 1.54) is 0 Å². The summed E-state index contributed by atoms with van der Waals surface area (Å²) in [5.41, 5.74) is 2.11. The number of methoxy groups -OCH3 is 1. The summed E-state index contributed by atoms with van der Waals surface area (Å²) in [6, 6.07) is 12.4. The summed E-state index contributed by atoms with van der Waals surface area (Å²) in [6.07, 6.45) is 0. The predicted octanol–water partition coefficient (Wildman–Crippen LogP) is 2.49. The maximum Gasteiger partial charge on any atom is 0.262 e. The number of carbonyl (C=O) groups excluding carboxylic acids is 2. The van der Waals surface area contributed by atoms with Crippen LogP contribution < -0.4 is 14.8 Å². The first-order valence-corrected chi connectivity index (χ1v) is 9.11. The van der Waals surface area contributed by atoms with E-state index in [0.29, 0.717) is 49.1 Å². The van der Waals surface area contributed by atoms with Gasteiger partial charge in [-0.05, 0) is 42.8 Å². The first-order chi connectivity index (χ1) is 13.6. The van der Waals surface area contributed by atoms with Crippen LogP contribution in [-0.4, -0.2) is 56.7 Å². The van der Waals surface area contributed by atoms with Gasteiger partial charge < -0.3 is 24.4 Å². The van der Waals surface area contributed by atoms with Crippen LogP contribution >= 0.6 is 0 Å². The van der Waals surface area contributed by atoms with Gasteiger partial charge in [-0.25, -0.2) is 0 Å². The molecule has 148 valence electrons. The first-order valence-electron chi connectivity index (χ1n) is 9.11. The number of aryl methyl sites for hydroxylation is 1. The second-order valence-electron chi connectivity index (χ2n) is 6.48. The Morgan fingerprint density at radius 2 is 1.89 bits per heavy atom. The van der Waals surface area contributed by atoms with Gasteiger partial charge >= 0.3 is 0 Å². The molecule has 1 heterocycles. The van der Waals surface area contributed by atoms with E-state index < -0.39 is 0 Å². The number of hydrogen-bond acceptors (Lipinski definition) is 5. The smallest absolute Gasteiger partial charge is 0.262 e. The summed E-state index contributed by atoms with van der Waals surface area (Å²) in [6.45, 7) is 4.01. The molecule has 2 aromatic carbocycles. The fourth-order valence-electron chi connectivity index (χ4n) is 2.91. The van der Waals surface area contributed by atoms with Gasteiger partial charge in [0.05, 0.1) is 20.3 Å². The number of benzene rings is 2. The lowest BCUT2D eigenvalue weighted by Crippen LogP contribution is -2.40. The largest absolute Gasteiger partial charge is 0.493 e. The molecule has 1 N–H and O–H groups in total. The minimum absolute atomic E-state index is 0.0694. The minimum Gasteiger partial charge on any atom is -0.493 e. The van der Waals surface area contributed by atoms with Gasteiger partial charge in [0, 0.05) is 24.3 Å². The molecule has 7 nitrogen and oxygen atoms in total. The summed E-state index contributed by atoms with van der Waals surface area (Å²) in [7, 11) is 1.55. The van der Waals surface area contributed by atoms with Crippen molar-refractivity contribution in [3.8, 4) is 11.5 Å². The van der Waals surface area contributed by atoms with Crippen LogP contribution in [0.2, 0.25) is 0 Å². The van der Waals surface area contributed by atoms with Crippen molar-refractivity contribution < 1.29 is 23.8 Å². The molecule has 3 rings (SSSR count). The minimum atomic E-state index is -0.321. The molecule has 2 amide bonds. The number of carbonyl (C=O) groups is 2. The lowest BCUT2D eigenvalue weighted by atomic mass is 10.1. The molecule has 0 spiro atoms. The van der Waals surface area contributed by atoms with Crippen LogP contribution in [0.5, 0.6) is 11.5 Å². The van der Waals surface area contributed by atoms with Crippen molar-refractivity contribution in [2.75, 3.05) is 45.3 Å². The monoisotopic (exact) mass is 384 g/mol. The third-order valence-corrected chi connectivity index (χ3v) is 4.37. The second-order valence-corrected chi connectivity index (χ2v) is 6.48. The lowest BCUT2D eigenvalue weighted by molar-refractivity contribution is -0.118. The Labute approximate surface area is 164 Å². The van der Waals surface area contributed by atoms with Crippen molar-refractivity contribution in [3.05, 3.63) is 53.6 Å². The van der Waals surface area contributed by atoms with E-state index in [1.807, 2.05) is 19.1 Å². The zero-order valence-corrected chi connectivity index (χ0v) is 16.1. The molecule has 1 aliphatic heterocycles. The van der Waals surface area contributed by atoms with Gasteiger partial charge in [-0.1, -0.05) is 12.1 Å². The maximum atomic E-state index is 12.6. The van der Waals surface area contributed by atoms with E-state index >= 15 is 0 Å². The summed E-state index contributed by atoms with van der Waals surface area (Å²) in [5.74, 6) is 0.684. The molecule has 28 heavy (non-hydrogen) atoms. The number of nitrogens with one attached hydrogen (secondary N) is 1. The van der Waals surface area contributed by atoms with Crippen molar-refractivity contribution in [3.63, 3.8) is 0 Å². The van der Waals surface area contributed by atoms with Crippen LogP contribution in [0.1, 0.15) is 15.9 Å². The van der Waals surface area contributed by atoms with Gasteiger partial charge in [-0.3, -0.25) is 9.59 Å². The van der Waals surface area contributed by atoms with Gasteiger partial charge in [-0.15, -0.1) is 0 Å². The molecule has 0 saturated carbocycles. The van der Waals surface area contributed by atoms with Crippen molar-refractivity contribution >= 4 is 17.5 Å². The van der Waals surface area contributed by atoms with Gasteiger partial charge in [-0.2, -0.15) is 0 Å². The van der Waals surface area contributed by atoms with Crippen LogP contribution in [0.4, 0.5) is 5.69 Å². The molecule has 0 atom stereocenters. The molecule has 0 radical (unpaired) electrons. The van der Waals surface area contributed by atoms with E-state index in [4.69, 9.17) is 14.2 Å². The number of amides is 2. The number of anilines is 1. The highest BCUT2D eigenvalue weighted by molar-refractivity contribution is 5.97.